The van der Waals surface area contributed by atoms with Crippen LogP contribution in [0.3, 0.4) is 0 Å². The maximum atomic E-state index is 12.8. The molecule has 2 aliphatic rings. The van der Waals surface area contributed by atoms with E-state index in [1.54, 1.807) is 0 Å². The molecule has 1 unspecified atom stereocenters. The number of nitrogen functional groups attached to an aromatic ring is 1. The number of hydrogen-bond acceptors (Lipinski definition) is 12. The summed E-state index contributed by atoms with van der Waals surface area (Å²) in [7, 11) is 0. The maximum absolute atomic E-state index is 12.8. The highest BCUT2D eigenvalue weighted by atomic mass is 32.2. The molecule has 0 saturated carbocycles. The number of anilines is 1. The predicted molar refractivity (Wildman–Crippen MR) is 112 cm³/mol. The number of carboxylic acid groups (broad SMARTS) is 1. The number of nitrogens with zero attached hydrogens (tertiary/aromatic N) is 6. The molecule has 0 aliphatic carbocycles. The third kappa shape index (κ3) is 4.61. The molecule has 2 amide bonds. The van der Waals surface area contributed by atoms with Crippen molar-refractivity contribution >= 4 is 51.9 Å². The highest BCUT2D eigenvalue weighted by Gasteiger charge is 2.54. The smallest absolute Gasteiger partial charge is 0.435 e. The van der Waals surface area contributed by atoms with Gasteiger partial charge in [-0.25, -0.2) is 4.79 Å². The minimum absolute atomic E-state index is 0.0156. The molecule has 18 heteroatoms. The molecule has 4 rings (SSSR count). The number of allylic oxidation sites excluding steroid dienone is 1. The van der Waals surface area contributed by atoms with Crippen LogP contribution in [0.15, 0.2) is 32.9 Å². The molecular formula is C17H13F3N8O5S2. The molecule has 0 bridgehead atoms. The van der Waals surface area contributed by atoms with Crippen LogP contribution in [-0.2, 0) is 20.6 Å². The van der Waals surface area contributed by atoms with E-state index in [1.807, 2.05) is 0 Å². The Labute approximate surface area is 201 Å². The zero-order valence-corrected chi connectivity index (χ0v) is 18.7. The Kier molecular flexibility index (Phi) is 6.32. The average Bonchev–Trinajstić information content (AvgIpc) is 3.23. The van der Waals surface area contributed by atoms with Gasteiger partial charge in [0.2, 0.25) is 11.5 Å². The monoisotopic (exact) mass is 530 g/mol. The number of thioether (sulfide) groups is 1. The summed E-state index contributed by atoms with van der Waals surface area (Å²) in [6.07, 6.45) is -4.30. The molecule has 0 radical (unpaired) electrons. The first-order valence-corrected chi connectivity index (χ1v) is 11.1. The number of nitrogens with two attached hydrogens (primary N) is 1. The number of carbonyl (C=O) groups excluding carboxylic acids is 2. The van der Waals surface area contributed by atoms with E-state index in [0.29, 0.717) is 6.07 Å². The number of rotatable bonds is 6. The van der Waals surface area contributed by atoms with Crippen LogP contribution in [0.25, 0.3) is 0 Å². The van der Waals surface area contributed by atoms with Gasteiger partial charge < -0.3 is 21.4 Å². The number of halogens is 3. The lowest BCUT2D eigenvalue weighted by molar-refractivity contribution is -0.155. The van der Waals surface area contributed by atoms with Crippen molar-refractivity contribution in [3.63, 3.8) is 0 Å². The van der Waals surface area contributed by atoms with Gasteiger partial charge in [-0.15, -0.1) is 10.2 Å². The third-order valence-corrected chi connectivity index (χ3v) is 6.62. The van der Waals surface area contributed by atoms with Crippen molar-refractivity contribution < 1.29 is 37.9 Å². The first-order valence-electron chi connectivity index (χ1n) is 9.52. The van der Waals surface area contributed by atoms with Crippen LogP contribution in [-0.4, -0.2) is 70.3 Å². The number of nitrogens with one attached hydrogen (secondary N) is 1. The first kappa shape index (κ1) is 24.3. The molecule has 2 aromatic heterocycles. The van der Waals surface area contributed by atoms with Gasteiger partial charge in [-0.2, -0.15) is 22.5 Å². The van der Waals surface area contributed by atoms with Crippen molar-refractivity contribution in [3.05, 3.63) is 34.3 Å². The molecule has 5 N–H and O–H groups in total. The number of fused-ring (bicyclic) bond motifs is 1. The number of hydrogen-bond donors (Lipinski definition) is 4. The van der Waals surface area contributed by atoms with Crippen molar-refractivity contribution in [2.24, 2.45) is 5.16 Å². The summed E-state index contributed by atoms with van der Waals surface area (Å²) in [4.78, 5) is 42.1. The van der Waals surface area contributed by atoms with Crippen molar-refractivity contribution in [1.29, 1.82) is 0 Å². The van der Waals surface area contributed by atoms with Crippen LogP contribution in [0.4, 0.5) is 18.3 Å². The fourth-order valence-corrected chi connectivity index (χ4v) is 4.92. The SMILES string of the molecule is Nc1nc(/C(=N/O)C(=O)N[C@@H]2C(=O)N3C(C(=O)O)=C(Sc4ccc(C(F)(F)F)nn4)CCC23)ns1. The minimum atomic E-state index is -4.67. The van der Waals surface area contributed by atoms with E-state index in [4.69, 9.17) is 10.9 Å². The molecule has 2 atom stereocenters. The maximum Gasteiger partial charge on any atom is 0.435 e. The number of alkyl halides is 3. The van der Waals surface area contributed by atoms with Crippen LogP contribution in [0.5, 0.6) is 0 Å². The molecule has 1 fully saturated rings. The zero-order chi connectivity index (χ0) is 25.5. The van der Waals surface area contributed by atoms with Crippen molar-refractivity contribution in [3.8, 4) is 0 Å². The Balaban J connectivity index is 1.51. The van der Waals surface area contributed by atoms with Gasteiger partial charge in [0, 0.05) is 16.4 Å². The standard InChI is InChI=1S/C17H13F3N8O5S2/c18-17(19,20)7-3-4-8(25-24-7)34-6-2-1-5-9(14(30)28(5)11(6)15(31)32)22-13(29)10(26-33)12-23-16(21)35-27-12/h3-5,9,33H,1-2H2,(H,22,29)(H,31,32)(H2,21,23,27)/b26-10-/t5?,9-/m0/s1. The van der Waals surface area contributed by atoms with E-state index in [9.17, 15) is 32.7 Å². The van der Waals surface area contributed by atoms with Crippen molar-refractivity contribution in [2.45, 2.75) is 36.1 Å². The van der Waals surface area contributed by atoms with Gasteiger partial charge in [-0.05, 0) is 25.0 Å². The second-order valence-corrected chi connectivity index (χ2v) is 9.00. The normalized spacial score (nSPS) is 20.4. The summed E-state index contributed by atoms with van der Waals surface area (Å²) >= 11 is 1.54. The molecule has 13 nitrogen and oxygen atoms in total. The minimum Gasteiger partial charge on any atom is -0.477 e. The molecular weight excluding hydrogens is 517 g/mol. The van der Waals surface area contributed by atoms with E-state index in [2.05, 4.69) is 30.0 Å². The quantitative estimate of drug-likeness (QED) is 0.177. The lowest BCUT2D eigenvalue weighted by atomic mass is 9.86. The number of oxime groups is 1. The van der Waals surface area contributed by atoms with E-state index in [0.717, 1.165) is 34.3 Å². The third-order valence-electron chi connectivity index (χ3n) is 5.01. The van der Waals surface area contributed by atoms with Crippen LogP contribution >= 0.6 is 23.3 Å². The summed E-state index contributed by atoms with van der Waals surface area (Å²) in [5.74, 6) is -3.39. The molecule has 35 heavy (non-hydrogen) atoms. The largest absolute Gasteiger partial charge is 0.477 e. The summed E-state index contributed by atoms with van der Waals surface area (Å²) < 4.78 is 41.8. The van der Waals surface area contributed by atoms with Crippen LogP contribution in [0.2, 0.25) is 0 Å². The summed E-state index contributed by atoms with van der Waals surface area (Å²) in [6.45, 7) is 0. The molecule has 0 spiro atoms. The zero-order valence-electron chi connectivity index (χ0n) is 17.1. The predicted octanol–water partition coefficient (Wildman–Crippen LogP) is 0.685. The van der Waals surface area contributed by atoms with Gasteiger partial charge >= 0.3 is 12.1 Å². The van der Waals surface area contributed by atoms with Gasteiger partial charge in [0.15, 0.2) is 10.8 Å². The van der Waals surface area contributed by atoms with E-state index in [1.165, 1.54) is 0 Å². The average molecular weight is 530 g/mol. The molecule has 2 aliphatic heterocycles. The number of amides is 2. The Morgan fingerprint density at radius 1 is 1.31 bits per heavy atom. The van der Waals surface area contributed by atoms with Crippen molar-refractivity contribution in [2.75, 3.05) is 5.73 Å². The number of aliphatic carboxylic acids is 1. The number of carbonyl (C=O) groups is 3. The Hall–Kier alpha value is -3.80. The summed E-state index contributed by atoms with van der Waals surface area (Å²) in [6, 6.07) is -0.0568. The second-order valence-electron chi connectivity index (χ2n) is 7.10. The van der Waals surface area contributed by atoms with Gasteiger partial charge in [-0.1, -0.05) is 16.9 Å². The highest BCUT2D eigenvalue weighted by Crippen LogP contribution is 2.42. The Bertz CT molecular complexity index is 1260. The summed E-state index contributed by atoms with van der Waals surface area (Å²) in [5.41, 5.74) is 3.31. The van der Waals surface area contributed by atoms with Crippen molar-refractivity contribution in [1.82, 2.24) is 29.8 Å². The molecule has 2 aromatic rings. The highest BCUT2D eigenvalue weighted by molar-refractivity contribution is 8.03. The van der Waals surface area contributed by atoms with Crippen LogP contribution in [0, 0.1) is 0 Å². The van der Waals surface area contributed by atoms with Crippen LogP contribution < -0.4 is 11.1 Å². The molecule has 4 heterocycles. The fourth-order valence-electron chi connectivity index (χ4n) is 3.51. The van der Waals surface area contributed by atoms with E-state index >= 15 is 0 Å². The lowest BCUT2D eigenvalue weighted by Gasteiger charge is -2.50. The van der Waals surface area contributed by atoms with Crippen LogP contribution in [0.1, 0.15) is 24.4 Å². The topological polar surface area (TPSA) is 197 Å². The van der Waals surface area contributed by atoms with Gasteiger partial charge in [0.25, 0.3) is 11.8 Å². The number of carboxylic acids is 1. The molecule has 0 aromatic carbocycles. The Morgan fingerprint density at radius 3 is 2.60 bits per heavy atom. The Morgan fingerprint density at radius 2 is 2.06 bits per heavy atom. The first-order chi connectivity index (χ1) is 16.5. The van der Waals surface area contributed by atoms with Gasteiger partial charge in [0.1, 0.15) is 16.8 Å². The fraction of sp³-hybridized carbons (Fsp3) is 0.294. The lowest BCUT2D eigenvalue weighted by Crippen LogP contribution is -2.72. The molecule has 1 saturated heterocycles. The second kappa shape index (κ2) is 9.10. The molecule has 184 valence electrons. The van der Waals surface area contributed by atoms with Gasteiger partial charge in [-0.3, -0.25) is 14.5 Å². The van der Waals surface area contributed by atoms with E-state index in [-0.39, 0.29) is 39.4 Å². The van der Waals surface area contributed by atoms with Gasteiger partial charge in [0.05, 0.1) is 6.04 Å². The number of β-lactam (4-membered cyclic amide) rings is 1. The summed E-state index contributed by atoms with van der Waals surface area (Å²) in [5, 5.41) is 30.7. The van der Waals surface area contributed by atoms with E-state index < -0.39 is 47.4 Å². The number of aromatic nitrogens is 4.